The maximum absolute atomic E-state index is 3.67. The average molecular weight is 310 g/mol. The van der Waals surface area contributed by atoms with Crippen molar-refractivity contribution >= 4 is 27.3 Å². The first kappa shape index (κ1) is 12.8. The van der Waals surface area contributed by atoms with E-state index in [1.54, 1.807) is 11.3 Å². The van der Waals surface area contributed by atoms with Gasteiger partial charge in [0.15, 0.2) is 0 Å². The fourth-order valence-electron chi connectivity index (χ4n) is 1.89. The molecule has 1 unspecified atom stereocenters. The summed E-state index contributed by atoms with van der Waals surface area (Å²) >= 11 is 5.46. The van der Waals surface area contributed by atoms with Gasteiger partial charge in [0, 0.05) is 9.35 Å². The Morgan fingerprint density at radius 2 is 2.18 bits per heavy atom. The SMILES string of the molecule is CCNC(c1cccs1)c1ccc(C)cc1Br. The summed E-state index contributed by atoms with van der Waals surface area (Å²) in [6.45, 7) is 5.22. The second-order valence-electron chi connectivity index (χ2n) is 4.03. The number of hydrogen-bond acceptors (Lipinski definition) is 2. The van der Waals surface area contributed by atoms with Crippen molar-refractivity contribution in [3.8, 4) is 0 Å². The van der Waals surface area contributed by atoms with Gasteiger partial charge in [0.05, 0.1) is 6.04 Å². The number of aryl methyl sites for hydroxylation is 1. The molecule has 0 spiro atoms. The van der Waals surface area contributed by atoms with Crippen LogP contribution in [-0.2, 0) is 0 Å². The van der Waals surface area contributed by atoms with Gasteiger partial charge in [-0.15, -0.1) is 11.3 Å². The molecule has 0 bridgehead atoms. The number of nitrogens with one attached hydrogen (secondary N) is 1. The number of rotatable bonds is 4. The van der Waals surface area contributed by atoms with Crippen LogP contribution in [-0.4, -0.2) is 6.54 Å². The molecule has 0 saturated carbocycles. The van der Waals surface area contributed by atoms with Crippen LogP contribution >= 0.6 is 27.3 Å². The van der Waals surface area contributed by atoms with Crippen LogP contribution in [0, 0.1) is 6.92 Å². The van der Waals surface area contributed by atoms with Crippen LogP contribution in [0.4, 0.5) is 0 Å². The molecule has 0 aliphatic heterocycles. The third-order valence-electron chi connectivity index (χ3n) is 2.70. The van der Waals surface area contributed by atoms with E-state index < -0.39 is 0 Å². The molecule has 0 aliphatic carbocycles. The van der Waals surface area contributed by atoms with Crippen LogP contribution in [0.5, 0.6) is 0 Å². The maximum atomic E-state index is 3.67. The molecule has 0 fully saturated rings. The van der Waals surface area contributed by atoms with Crippen molar-refractivity contribution in [1.82, 2.24) is 5.32 Å². The molecule has 17 heavy (non-hydrogen) atoms. The Balaban J connectivity index is 2.39. The van der Waals surface area contributed by atoms with Crippen LogP contribution in [0.3, 0.4) is 0 Å². The Morgan fingerprint density at radius 3 is 2.76 bits per heavy atom. The summed E-state index contributed by atoms with van der Waals surface area (Å²) in [6, 6.07) is 11.1. The normalized spacial score (nSPS) is 12.6. The molecular weight excluding hydrogens is 294 g/mol. The summed E-state index contributed by atoms with van der Waals surface area (Å²) in [5, 5.41) is 5.67. The molecule has 2 aromatic rings. The highest BCUT2D eigenvalue weighted by Crippen LogP contribution is 2.31. The van der Waals surface area contributed by atoms with Crippen molar-refractivity contribution in [3.63, 3.8) is 0 Å². The number of halogens is 1. The third-order valence-corrected chi connectivity index (χ3v) is 4.33. The summed E-state index contributed by atoms with van der Waals surface area (Å²) in [4.78, 5) is 1.36. The molecule has 1 aromatic heterocycles. The van der Waals surface area contributed by atoms with Gasteiger partial charge in [-0.05, 0) is 42.1 Å². The van der Waals surface area contributed by atoms with Gasteiger partial charge in [0.25, 0.3) is 0 Å². The summed E-state index contributed by atoms with van der Waals surface area (Å²) in [5.74, 6) is 0. The first-order valence-corrected chi connectivity index (χ1v) is 7.42. The van der Waals surface area contributed by atoms with Gasteiger partial charge < -0.3 is 5.32 Å². The molecule has 2 rings (SSSR count). The highest BCUT2D eigenvalue weighted by Gasteiger charge is 2.16. The Kier molecular flexibility index (Phi) is 4.37. The molecule has 1 atom stereocenters. The zero-order valence-corrected chi connectivity index (χ0v) is 12.4. The monoisotopic (exact) mass is 309 g/mol. The molecule has 3 heteroatoms. The van der Waals surface area contributed by atoms with Crippen LogP contribution in [0.2, 0.25) is 0 Å². The highest BCUT2D eigenvalue weighted by molar-refractivity contribution is 9.10. The molecule has 90 valence electrons. The zero-order valence-electron chi connectivity index (χ0n) is 10.0. The largest absolute Gasteiger partial charge is 0.306 e. The lowest BCUT2D eigenvalue weighted by molar-refractivity contribution is 0.637. The standard InChI is InChI=1S/C14H16BrNS/c1-3-16-14(13-5-4-8-17-13)11-7-6-10(2)9-12(11)15/h4-9,14,16H,3H2,1-2H3. The quantitative estimate of drug-likeness (QED) is 0.875. The summed E-state index contributed by atoms with van der Waals surface area (Å²) < 4.78 is 1.18. The van der Waals surface area contributed by atoms with Crippen molar-refractivity contribution in [2.24, 2.45) is 0 Å². The lowest BCUT2D eigenvalue weighted by Crippen LogP contribution is -2.21. The minimum absolute atomic E-state index is 0.287. The smallest absolute Gasteiger partial charge is 0.0681 e. The zero-order chi connectivity index (χ0) is 12.3. The van der Waals surface area contributed by atoms with Gasteiger partial charge >= 0.3 is 0 Å². The minimum atomic E-state index is 0.287. The van der Waals surface area contributed by atoms with Gasteiger partial charge in [-0.3, -0.25) is 0 Å². The first-order chi connectivity index (χ1) is 8.22. The van der Waals surface area contributed by atoms with E-state index in [0.717, 1.165) is 6.54 Å². The molecule has 0 radical (unpaired) electrons. The maximum Gasteiger partial charge on any atom is 0.0681 e. The van der Waals surface area contributed by atoms with Crippen molar-refractivity contribution in [3.05, 3.63) is 56.2 Å². The first-order valence-electron chi connectivity index (χ1n) is 5.75. The number of hydrogen-bond donors (Lipinski definition) is 1. The molecule has 1 N–H and O–H groups in total. The fourth-order valence-corrected chi connectivity index (χ4v) is 3.43. The lowest BCUT2D eigenvalue weighted by Gasteiger charge is -2.18. The molecule has 1 heterocycles. The van der Waals surface area contributed by atoms with Gasteiger partial charge in [-0.1, -0.05) is 41.1 Å². The second-order valence-corrected chi connectivity index (χ2v) is 5.86. The Morgan fingerprint density at radius 1 is 1.35 bits per heavy atom. The van der Waals surface area contributed by atoms with E-state index in [1.807, 2.05) is 0 Å². The van der Waals surface area contributed by atoms with Gasteiger partial charge in [-0.25, -0.2) is 0 Å². The summed E-state index contributed by atoms with van der Waals surface area (Å²) in [6.07, 6.45) is 0. The van der Waals surface area contributed by atoms with E-state index >= 15 is 0 Å². The van der Waals surface area contributed by atoms with Crippen molar-refractivity contribution in [2.75, 3.05) is 6.54 Å². The lowest BCUT2D eigenvalue weighted by atomic mass is 10.0. The van der Waals surface area contributed by atoms with Crippen LogP contribution in [0.25, 0.3) is 0 Å². The molecule has 0 saturated heterocycles. The Labute approximate surface area is 115 Å². The minimum Gasteiger partial charge on any atom is -0.306 e. The molecular formula is C14H16BrNS. The van der Waals surface area contributed by atoms with E-state index in [0.29, 0.717) is 0 Å². The average Bonchev–Trinajstić information content (AvgIpc) is 2.80. The van der Waals surface area contributed by atoms with E-state index in [9.17, 15) is 0 Å². The van der Waals surface area contributed by atoms with E-state index in [4.69, 9.17) is 0 Å². The second kappa shape index (κ2) is 5.80. The molecule has 1 aromatic carbocycles. The highest BCUT2D eigenvalue weighted by atomic mass is 79.9. The molecule has 1 nitrogen and oxygen atoms in total. The van der Waals surface area contributed by atoms with E-state index in [-0.39, 0.29) is 6.04 Å². The van der Waals surface area contributed by atoms with E-state index in [2.05, 4.69) is 70.8 Å². The topological polar surface area (TPSA) is 12.0 Å². The Hall–Kier alpha value is -0.640. The predicted molar refractivity (Wildman–Crippen MR) is 78.7 cm³/mol. The van der Waals surface area contributed by atoms with Gasteiger partial charge in [0.1, 0.15) is 0 Å². The van der Waals surface area contributed by atoms with Crippen molar-refractivity contribution in [2.45, 2.75) is 19.9 Å². The van der Waals surface area contributed by atoms with Crippen LogP contribution in [0.15, 0.2) is 40.2 Å². The van der Waals surface area contributed by atoms with Crippen LogP contribution < -0.4 is 5.32 Å². The number of thiophene rings is 1. The fraction of sp³-hybridized carbons (Fsp3) is 0.286. The summed E-state index contributed by atoms with van der Waals surface area (Å²) in [7, 11) is 0. The van der Waals surface area contributed by atoms with Crippen LogP contribution in [0.1, 0.15) is 29.0 Å². The Bertz CT molecular complexity index is 479. The predicted octanol–water partition coefficient (Wildman–Crippen LogP) is 4.52. The van der Waals surface area contributed by atoms with E-state index in [1.165, 1.54) is 20.5 Å². The number of benzene rings is 1. The third kappa shape index (κ3) is 2.97. The van der Waals surface area contributed by atoms with Crippen molar-refractivity contribution in [1.29, 1.82) is 0 Å². The van der Waals surface area contributed by atoms with Gasteiger partial charge in [-0.2, -0.15) is 0 Å². The molecule has 0 amide bonds. The van der Waals surface area contributed by atoms with Gasteiger partial charge in [0.2, 0.25) is 0 Å². The molecule has 0 aliphatic rings. The van der Waals surface area contributed by atoms with Crippen molar-refractivity contribution < 1.29 is 0 Å². The summed E-state index contributed by atoms with van der Waals surface area (Å²) in [5.41, 5.74) is 2.59.